The first-order valence-electron chi connectivity index (χ1n) is 12.8. The summed E-state index contributed by atoms with van der Waals surface area (Å²) in [5, 5.41) is 18.0. The number of nitrogens with zero attached hydrogens (tertiary/aromatic N) is 2. The number of aromatic hydroxyl groups is 1. The fraction of sp³-hybridized carbons (Fsp3) is 0.233. The Balaban J connectivity index is 0.000000181. The Morgan fingerprint density at radius 1 is 0.897 bits per heavy atom. The van der Waals surface area contributed by atoms with Gasteiger partial charge in [-0.25, -0.2) is 13.8 Å². The minimum absolute atomic E-state index is 0.0178. The lowest BCUT2D eigenvalue weighted by molar-refractivity contribution is -0.846. The molecule has 39 heavy (non-hydrogen) atoms. The van der Waals surface area contributed by atoms with Crippen molar-refractivity contribution in [3.63, 3.8) is 0 Å². The van der Waals surface area contributed by atoms with Gasteiger partial charge in [0.15, 0.2) is 11.5 Å². The highest BCUT2D eigenvalue weighted by Crippen LogP contribution is 2.37. The number of fused-ring (bicyclic) bond motifs is 1. The molecule has 4 aromatic carbocycles. The van der Waals surface area contributed by atoms with Crippen molar-refractivity contribution < 1.29 is 23.2 Å². The van der Waals surface area contributed by atoms with Gasteiger partial charge < -0.3 is 9.66 Å². The number of benzene rings is 4. The first-order chi connectivity index (χ1) is 18.5. The van der Waals surface area contributed by atoms with Crippen LogP contribution in [0.3, 0.4) is 0 Å². The van der Waals surface area contributed by atoms with E-state index < -0.39 is 10.1 Å². The van der Waals surface area contributed by atoms with Crippen LogP contribution in [0.25, 0.3) is 10.8 Å². The molecule has 1 unspecified atom stereocenters. The van der Waals surface area contributed by atoms with Gasteiger partial charge in [-0.3, -0.25) is 0 Å². The van der Waals surface area contributed by atoms with Crippen LogP contribution in [-0.4, -0.2) is 23.9 Å². The lowest BCUT2D eigenvalue weighted by atomic mass is 9.88. The summed E-state index contributed by atoms with van der Waals surface area (Å²) in [5.74, 6) is 1.24. The van der Waals surface area contributed by atoms with E-state index in [9.17, 15) is 18.1 Å². The molecule has 4 aromatic rings. The molecule has 1 atom stereocenters. The van der Waals surface area contributed by atoms with E-state index in [1.807, 2.05) is 100 Å². The third kappa shape index (κ3) is 6.22. The summed E-state index contributed by atoms with van der Waals surface area (Å²) < 4.78 is 35.4. The van der Waals surface area contributed by atoms with E-state index in [1.165, 1.54) is 0 Å². The van der Waals surface area contributed by atoms with Crippen molar-refractivity contribution in [2.75, 3.05) is 5.12 Å². The van der Waals surface area contributed by atoms with Gasteiger partial charge in [-0.15, -0.1) is 0 Å². The molecule has 0 bridgehead atoms. The van der Waals surface area contributed by atoms with Crippen molar-refractivity contribution in [2.24, 2.45) is 5.10 Å². The number of rotatable bonds is 5. The van der Waals surface area contributed by atoms with E-state index in [1.54, 1.807) is 24.3 Å². The van der Waals surface area contributed by atoms with Crippen LogP contribution in [0.5, 0.6) is 5.75 Å². The molecule has 0 saturated carbocycles. The zero-order valence-corrected chi connectivity index (χ0v) is 23.5. The topological polar surface area (TPSA) is 110 Å². The molecule has 3 N–H and O–H groups in total. The van der Waals surface area contributed by atoms with Crippen LogP contribution in [0.4, 0.5) is 11.4 Å². The van der Waals surface area contributed by atoms with E-state index in [-0.39, 0.29) is 22.5 Å². The van der Waals surface area contributed by atoms with Crippen molar-refractivity contribution in [3.8, 4) is 5.75 Å². The Hall–Kier alpha value is -3.92. The van der Waals surface area contributed by atoms with Crippen LogP contribution in [0.2, 0.25) is 0 Å². The highest BCUT2D eigenvalue weighted by Gasteiger charge is 2.29. The summed E-state index contributed by atoms with van der Waals surface area (Å²) in [5.41, 5.74) is 6.77. The van der Waals surface area contributed by atoms with E-state index in [2.05, 4.69) is 10.5 Å². The number of hydrogen-bond donors (Lipinski definition) is 3. The average Bonchev–Trinajstić information content (AvgIpc) is 3.29. The molecule has 1 aliphatic heterocycles. The normalized spacial score (nSPS) is 15.2. The lowest BCUT2D eigenvalue weighted by Crippen LogP contribution is -3.10. The van der Waals surface area contributed by atoms with Gasteiger partial charge >= 0.3 is 0 Å². The Morgan fingerprint density at radius 3 is 2.10 bits per heavy atom. The number of nitrogens with one attached hydrogen (secondary N) is 2. The van der Waals surface area contributed by atoms with Crippen molar-refractivity contribution in [3.05, 3.63) is 96.1 Å². The maximum atomic E-state index is 11.8. The molecule has 0 radical (unpaired) electrons. The molecule has 0 aromatic heterocycles. The Bertz CT molecular complexity index is 1590. The fourth-order valence-corrected chi connectivity index (χ4v) is 5.79. The smallest absolute Gasteiger partial charge is 0.184 e. The predicted molar refractivity (Wildman–Crippen MR) is 154 cm³/mol. The van der Waals surface area contributed by atoms with Crippen LogP contribution in [0.1, 0.15) is 57.6 Å². The van der Waals surface area contributed by atoms with Crippen LogP contribution in [0, 0.1) is 0 Å². The van der Waals surface area contributed by atoms with Crippen LogP contribution in [0.15, 0.2) is 94.9 Å². The van der Waals surface area contributed by atoms with Crippen molar-refractivity contribution >= 4 is 38.1 Å². The number of anilines is 1. The SMILES string of the molecule is CC(C)c1cc2ccccc2c(S(=O)(=O)[O-])c1C(C)C.CC1=N[NH+](c2ccccc2)N(c2ccc(O)cc2)N1. The van der Waals surface area contributed by atoms with E-state index in [4.69, 9.17) is 0 Å². The van der Waals surface area contributed by atoms with Crippen molar-refractivity contribution in [2.45, 2.75) is 51.3 Å². The molecule has 0 fully saturated rings. The number of quaternary nitrogens is 1. The minimum atomic E-state index is -4.51. The van der Waals surface area contributed by atoms with Crippen molar-refractivity contribution in [1.29, 1.82) is 0 Å². The van der Waals surface area contributed by atoms with Gasteiger partial charge in [0.2, 0.25) is 0 Å². The van der Waals surface area contributed by atoms with E-state index >= 15 is 0 Å². The number of amidine groups is 1. The summed E-state index contributed by atoms with van der Waals surface area (Å²) in [4.78, 5) is -0.0469. The zero-order valence-electron chi connectivity index (χ0n) is 22.7. The molecule has 1 aliphatic rings. The molecule has 5 rings (SSSR count). The molecule has 0 aliphatic carbocycles. The van der Waals surface area contributed by atoms with Crippen LogP contribution >= 0.6 is 0 Å². The predicted octanol–water partition coefficient (Wildman–Crippen LogP) is 5.17. The largest absolute Gasteiger partial charge is 0.744 e. The molecule has 8 nitrogen and oxygen atoms in total. The monoisotopic (exact) mass is 546 g/mol. The minimum Gasteiger partial charge on any atom is -0.744 e. The van der Waals surface area contributed by atoms with Gasteiger partial charge in [-0.2, -0.15) is 0 Å². The van der Waals surface area contributed by atoms with Gasteiger partial charge in [0.25, 0.3) is 0 Å². The van der Waals surface area contributed by atoms with Gasteiger partial charge in [0, 0.05) is 19.1 Å². The third-order valence-electron chi connectivity index (χ3n) is 6.42. The molecule has 0 saturated heterocycles. The van der Waals surface area contributed by atoms with Gasteiger partial charge in [-0.05, 0) is 63.1 Å². The van der Waals surface area contributed by atoms with Gasteiger partial charge in [-0.1, -0.05) is 86.5 Å². The molecule has 9 heteroatoms. The highest BCUT2D eigenvalue weighted by molar-refractivity contribution is 7.86. The maximum absolute atomic E-state index is 11.8. The summed E-state index contributed by atoms with van der Waals surface area (Å²) >= 11 is 0. The quantitative estimate of drug-likeness (QED) is 0.298. The second-order valence-electron chi connectivity index (χ2n) is 10.0. The Morgan fingerprint density at radius 2 is 1.51 bits per heavy atom. The third-order valence-corrected chi connectivity index (χ3v) is 7.36. The molecular formula is C30H34N4O4S. The summed E-state index contributed by atoms with van der Waals surface area (Å²) in [6.45, 7) is 9.78. The first-order valence-corrected chi connectivity index (χ1v) is 14.2. The Labute approximate surface area is 229 Å². The molecule has 0 spiro atoms. The number of phenols is 1. The standard InChI is InChI=1S/C16H20O3S.C14H14N4O/c1-10(2)14-9-12-7-5-6-8-13(12)16(20(17,18)19)15(14)11(3)4;1-11-15-17(12-5-3-2-4-6-12)18(16-11)13-7-9-14(19)10-8-13/h5-11H,1-4H3,(H,17,18,19);2-10,19H,1H3,(H,15,16). The first kappa shape index (κ1) is 28.1. The second-order valence-corrected chi connectivity index (χ2v) is 11.4. The molecule has 0 amide bonds. The summed E-state index contributed by atoms with van der Waals surface area (Å²) in [6, 6.07) is 26.2. The second kappa shape index (κ2) is 11.4. The summed E-state index contributed by atoms with van der Waals surface area (Å²) in [6.07, 6.45) is 0. The number of hydrogen-bond acceptors (Lipinski definition) is 7. The highest BCUT2D eigenvalue weighted by atomic mass is 32.2. The van der Waals surface area contributed by atoms with Crippen LogP contribution in [-0.2, 0) is 10.1 Å². The number of hydrazine groups is 1. The van der Waals surface area contributed by atoms with Gasteiger partial charge in [0.05, 0.1) is 4.90 Å². The Kier molecular flexibility index (Phi) is 8.25. The van der Waals surface area contributed by atoms with Crippen molar-refractivity contribution in [1.82, 2.24) is 5.43 Å². The molecular weight excluding hydrogens is 512 g/mol. The van der Waals surface area contributed by atoms with E-state index in [0.717, 1.165) is 33.3 Å². The van der Waals surface area contributed by atoms with Gasteiger partial charge in [0.1, 0.15) is 21.6 Å². The van der Waals surface area contributed by atoms with Crippen LogP contribution < -0.4 is 15.7 Å². The lowest BCUT2D eigenvalue weighted by Gasteiger charge is -2.24. The maximum Gasteiger partial charge on any atom is 0.184 e. The molecule has 204 valence electrons. The number of phenolic OH excluding ortho intramolecular Hbond substituents is 1. The zero-order chi connectivity index (χ0) is 28.3. The average molecular weight is 547 g/mol. The molecule has 1 heterocycles. The summed E-state index contributed by atoms with van der Waals surface area (Å²) in [7, 11) is -4.51. The fourth-order valence-electron chi connectivity index (χ4n) is 4.71. The van der Waals surface area contributed by atoms with E-state index in [0.29, 0.717) is 10.9 Å².